The number of hydrogen-bond donors (Lipinski definition) is 1. The highest BCUT2D eigenvalue weighted by Gasteiger charge is 2.27. The van der Waals surface area contributed by atoms with Crippen LogP contribution >= 0.6 is 7.82 Å². The van der Waals surface area contributed by atoms with Crippen LogP contribution in [0.4, 0.5) is 0 Å². The Morgan fingerprint density at radius 2 is 0.803 bits per heavy atom. The van der Waals surface area contributed by atoms with E-state index in [2.05, 4.69) is 135 Å². The van der Waals surface area contributed by atoms with E-state index in [1.807, 2.05) is 21.1 Å². The first kappa shape index (κ1) is 67.4. The minimum absolute atomic E-state index is 0.0179. The Labute approximate surface area is 435 Å². The molecule has 1 N–H and O–H groups in total. The SMILES string of the molecule is CC/C=C\C/C=C\C/C=C\C/C=C\C/C=C\C/C=C\C/C=C\C/C=C\CCCCCCC(=O)OC(COC(=O)CCCCCCCCC/C=C\C/C=C\CCCCCC)COP(=O)(O)OCC[N+](C)(C)C. The van der Waals surface area contributed by atoms with Gasteiger partial charge in [0.2, 0.25) is 0 Å². The lowest BCUT2D eigenvalue weighted by Crippen LogP contribution is -2.37. The molecule has 0 saturated carbocycles. The normalized spacial score (nSPS) is 14.3. The van der Waals surface area contributed by atoms with Crippen molar-refractivity contribution in [1.29, 1.82) is 0 Å². The molecule has 9 nitrogen and oxygen atoms in total. The van der Waals surface area contributed by atoms with E-state index in [9.17, 15) is 19.0 Å². The predicted molar refractivity (Wildman–Crippen MR) is 302 cm³/mol. The van der Waals surface area contributed by atoms with Gasteiger partial charge in [0.05, 0.1) is 27.7 Å². The predicted octanol–water partition coefficient (Wildman–Crippen LogP) is 17.2. The largest absolute Gasteiger partial charge is 0.472 e. The maximum Gasteiger partial charge on any atom is 0.472 e. The summed E-state index contributed by atoms with van der Waals surface area (Å²) < 4.78 is 34.5. The number of carbonyl (C=O) groups excluding carboxylic acids is 2. The zero-order valence-electron chi connectivity index (χ0n) is 45.7. The summed E-state index contributed by atoms with van der Waals surface area (Å²) >= 11 is 0. The number of likely N-dealkylation sites (N-methyl/N-ethyl adjacent to an activating group) is 1. The Balaban J connectivity index is 4.32. The molecule has 0 spiro atoms. The highest BCUT2D eigenvalue weighted by Crippen LogP contribution is 2.43. The van der Waals surface area contributed by atoms with Gasteiger partial charge in [0.15, 0.2) is 6.10 Å². The van der Waals surface area contributed by atoms with Crippen LogP contribution in [0.1, 0.15) is 200 Å². The van der Waals surface area contributed by atoms with Gasteiger partial charge >= 0.3 is 19.8 Å². The molecular weight excluding hydrogens is 906 g/mol. The maximum atomic E-state index is 12.8. The third-order valence-electron chi connectivity index (χ3n) is 11.2. The molecule has 71 heavy (non-hydrogen) atoms. The number of allylic oxidation sites excluding steroid dienone is 20. The molecule has 0 radical (unpaired) electrons. The van der Waals surface area contributed by atoms with Gasteiger partial charge < -0.3 is 18.9 Å². The van der Waals surface area contributed by atoms with Crippen LogP contribution in [-0.4, -0.2) is 74.9 Å². The summed E-state index contributed by atoms with van der Waals surface area (Å²) in [5.74, 6) is -0.845. The van der Waals surface area contributed by atoms with E-state index < -0.39 is 26.5 Å². The minimum Gasteiger partial charge on any atom is -0.462 e. The van der Waals surface area contributed by atoms with Gasteiger partial charge in [-0.1, -0.05) is 200 Å². The molecule has 0 aromatic carbocycles. The van der Waals surface area contributed by atoms with Crippen LogP contribution < -0.4 is 0 Å². The first-order valence-electron chi connectivity index (χ1n) is 27.8. The number of hydrogen-bond acceptors (Lipinski definition) is 7. The number of unbranched alkanes of at least 4 members (excludes halogenated alkanes) is 15. The van der Waals surface area contributed by atoms with Gasteiger partial charge in [0.1, 0.15) is 19.8 Å². The second-order valence-corrected chi connectivity index (χ2v) is 20.7. The van der Waals surface area contributed by atoms with Crippen LogP contribution in [0.15, 0.2) is 122 Å². The number of phosphoric ester groups is 1. The van der Waals surface area contributed by atoms with E-state index >= 15 is 0 Å². The molecule has 0 rings (SSSR count). The number of rotatable bonds is 49. The molecule has 0 aromatic heterocycles. The Morgan fingerprint density at radius 3 is 1.20 bits per heavy atom. The van der Waals surface area contributed by atoms with Crippen LogP contribution in [0, 0.1) is 0 Å². The monoisotopic (exact) mass is 1010 g/mol. The van der Waals surface area contributed by atoms with Crippen LogP contribution in [-0.2, 0) is 32.7 Å². The van der Waals surface area contributed by atoms with Gasteiger partial charge in [-0.05, 0) is 109 Å². The van der Waals surface area contributed by atoms with E-state index in [-0.39, 0.29) is 32.0 Å². The number of phosphoric acid groups is 1. The Kier molecular flexibility index (Phi) is 48.7. The van der Waals surface area contributed by atoms with Crippen molar-refractivity contribution >= 4 is 19.8 Å². The minimum atomic E-state index is -4.40. The number of nitrogens with zero attached hydrogens (tertiary/aromatic N) is 1. The highest BCUT2D eigenvalue weighted by atomic mass is 31.2. The van der Waals surface area contributed by atoms with Gasteiger partial charge in [0.25, 0.3) is 0 Å². The fourth-order valence-corrected chi connectivity index (χ4v) is 7.68. The van der Waals surface area contributed by atoms with Crippen molar-refractivity contribution in [2.75, 3.05) is 47.5 Å². The van der Waals surface area contributed by atoms with E-state index in [1.54, 1.807) is 0 Å². The molecule has 0 aromatic rings. The fourth-order valence-electron chi connectivity index (χ4n) is 6.94. The van der Waals surface area contributed by atoms with Crippen molar-refractivity contribution in [3.8, 4) is 0 Å². The molecule has 0 heterocycles. The zero-order chi connectivity index (χ0) is 52.0. The topological polar surface area (TPSA) is 108 Å². The molecule has 2 unspecified atom stereocenters. The van der Waals surface area contributed by atoms with Gasteiger partial charge in [-0.25, -0.2) is 4.57 Å². The summed E-state index contributed by atoms with van der Waals surface area (Å²) in [6, 6.07) is 0. The third-order valence-corrected chi connectivity index (χ3v) is 12.2. The second kappa shape index (κ2) is 51.3. The Bertz CT molecular complexity index is 1610. The van der Waals surface area contributed by atoms with Gasteiger partial charge in [-0.3, -0.25) is 18.6 Å². The molecule has 0 amide bonds. The molecular formula is C61H103NO8P+. The summed E-state index contributed by atoms with van der Waals surface area (Å²) in [6.45, 7) is 4.24. The van der Waals surface area contributed by atoms with Crippen LogP contribution in [0.2, 0.25) is 0 Å². The molecule has 0 aliphatic rings. The van der Waals surface area contributed by atoms with E-state index in [0.29, 0.717) is 17.4 Å². The lowest BCUT2D eigenvalue weighted by molar-refractivity contribution is -0.870. The average molecular weight is 1010 g/mol. The summed E-state index contributed by atoms with van der Waals surface area (Å²) in [5, 5.41) is 0. The van der Waals surface area contributed by atoms with Crippen molar-refractivity contribution < 1.29 is 42.1 Å². The van der Waals surface area contributed by atoms with Crippen molar-refractivity contribution in [1.82, 2.24) is 0 Å². The molecule has 0 saturated heterocycles. The first-order valence-corrected chi connectivity index (χ1v) is 29.3. The van der Waals surface area contributed by atoms with E-state index in [1.165, 1.54) is 51.4 Å². The lowest BCUT2D eigenvalue weighted by atomic mass is 10.1. The van der Waals surface area contributed by atoms with Gasteiger partial charge in [-0.15, -0.1) is 0 Å². The smallest absolute Gasteiger partial charge is 0.462 e. The van der Waals surface area contributed by atoms with Crippen molar-refractivity contribution in [3.05, 3.63) is 122 Å². The summed E-state index contributed by atoms with van der Waals surface area (Å²) in [5.41, 5.74) is 0. The number of carbonyl (C=O) groups is 2. The molecule has 0 bridgehead atoms. The standard InChI is InChI=1S/C61H102NO8P/c1-6-8-10-12-14-16-18-20-22-24-26-27-28-29-30-31-32-33-34-35-36-38-40-42-44-46-48-50-52-54-61(64)70-59(58-69-71(65,66)68-56-55-62(3,4)5)57-67-60(63)53-51-49-47-45-43-41-39-37-25-23-21-19-17-15-13-11-9-7-2/h8,10,14,16-17,19-20,22-23,25-27,29-30,32-33,35-36,40,42,59H,6-7,9,11-13,15,18,21,24,28,31,34,37-39,41,43-58H2,1-5H3/p+1/b10-8-,16-14-,19-17-,22-20-,25-23-,27-26-,30-29-,33-32-,36-35-,42-40-. The van der Waals surface area contributed by atoms with Crippen molar-refractivity contribution in [2.24, 2.45) is 0 Å². The Hall–Kier alpha value is -3.59. The van der Waals surface area contributed by atoms with Crippen LogP contribution in [0.25, 0.3) is 0 Å². The highest BCUT2D eigenvalue weighted by molar-refractivity contribution is 7.47. The Morgan fingerprint density at radius 1 is 0.451 bits per heavy atom. The van der Waals surface area contributed by atoms with Gasteiger partial charge in [0, 0.05) is 12.8 Å². The molecule has 0 aliphatic carbocycles. The quantitative estimate of drug-likeness (QED) is 0.0211. The van der Waals surface area contributed by atoms with E-state index in [0.717, 1.165) is 116 Å². The van der Waals surface area contributed by atoms with E-state index in [4.69, 9.17) is 18.5 Å². The molecule has 0 fully saturated rings. The molecule has 10 heteroatoms. The summed E-state index contributed by atoms with van der Waals surface area (Å²) in [6.07, 6.45) is 72.5. The third kappa shape index (κ3) is 55.6. The fraction of sp³-hybridized carbons (Fsp3) is 0.639. The van der Waals surface area contributed by atoms with Gasteiger partial charge in [-0.2, -0.15) is 0 Å². The van der Waals surface area contributed by atoms with Crippen LogP contribution in [0.3, 0.4) is 0 Å². The molecule has 0 aliphatic heterocycles. The summed E-state index contributed by atoms with van der Waals surface area (Å²) in [7, 11) is 1.43. The lowest BCUT2D eigenvalue weighted by Gasteiger charge is -2.24. The average Bonchev–Trinajstić information content (AvgIpc) is 3.33. The van der Waals surface area contributed by atoms with Crippen molar-refractivity contribution in [2.45, 2.75) is 206 Å². The van der Waals surface area contributed by atoms with Crippen molar-refractivity contribution in [3.63, 3.8) is 0 Å². The number of esters is 2. The van der Waals surface area contributed by atoms with Crippen LogP contribution in [0.5, 0.6) is 0 Å². The molecule has 404 valence electrons. The number of quaternary nitrogens is 1. The maximum absolute atomic E-state index is 12.8. The first-order chi connectivity index (χ1) is 34.5. The second-order valence-electron chi connectivity index (χ2n) is 19.2. The summed E-state index contributed by atoms with van der Waals surface area (Å²) in [4.78, 5) is 35.6. The molecule has 2 atom stereocenters. The number of ether oxygens (including phenoxy) is 2. The zero-order valence-corrected chi connectivity index (χ0v) is 46.6.